The Morgan fingerprint density at radius 1 is 1.10 bits per heavy atom. The SMILES string of the molecule is O=C(Cc1ccc(-n2c(=O)[nH]c3ccsc3c2=O)cc1)N[C@H]1CCCc2ccccc21. The van der Waals surface area contributed by atoms with Crippen LogP contribution in [-0.4, -0.2) is 15.5 Å². The van der Waals surface area contributed by atoms with Gasteiger partial charge in [-0.3, -0.25) is 9.59 Å². The molecule has 1 aliphatic rings. The van der Waals surface area contributed by atoms with Crippen LogP contribution in [0.4, 0.5) is 0 Å². The van der Waals surface area contributed by atoms with Crippen LogP contribution in [0.15, 0.2) is 69.6 Å². The molecule has 0 saturated carbocycles. The van der Waals surface area contributed by atoms with Crippen molar-refractivity contribution in [2.24, 2.45) is 0 Å². The number of aromatic amines is 1. The highest BCUT2D eigenvalue weighted by Crippen LogP contribution is 2.29. The van der Waals surface area contributed by atoms with Gasteiger partial charge in [-0.1, -0.05) is 36.4 Å². The molecule has 0 spiro atoms. The fourth-order valence-corrected chi connectivity index (χ4v) is 5.05. The van der Waals surface area contributed by atoms with Crippen molar-refractivity contribution in [3.05, 3.63) is 97.5 Å². The number of nitrogens with zero attached hydrogens (tertiary/aromatic N) is 1. The third kappa shape index (κ3) is 3.72. The number of carbonyl (C=O) groups is 1. The standard InChI is InChI=1S/C24H21N3O3S/c28-21(25-19-7-3-5-16-4-1-2-6-18(16)19)14-15-8-10-17(11-9-15)27-23(29)22-20(12-13-31-22)26-24(27)30/h1-2,4,6,8-13,19H,3,5,7,14H2,(H,25,28)(H,26,30)/t19-/m0/s1. The number of nitrogens with one attached hydrogen (secondary N) is 2. The van der Waals surface area contributed by atoms with E-state index in [4.69, 9.17) is 0 Å². The molecule has 0 unspecified atom stereocenters. The molecule has 1 amide bonds. The fourth-order valence-electron chi connectivity index (χ4n) is 4.27. The molecule has 0 saturated heterocycles. The van der Waals surface area contributed by atoms with E-state index in [9.17, 15) is 14.4 Å². The Hall–Kier alpha value is -3.45. The first-order chi connectivity index (χ1) is 15.1. The summed E-state index contributed by atoms with van der Waals surface area (Å²) in [4.78, 5) is 40.5. The van der Waals surface area contributed by atoms with Gasteiger partial charge < -0.3 is 10.3 Å². The zero-order chi connectivity index (χ0) is 21.4. The molecule has 6 nitrogen and oxygen atoms in total. The number of rotatable bonds is 4. The summed E-state index contributed by atoms with van der Waals surface area (Å²) in [6.07, 6.45) is 3.31. The van der Waals surface area contributed by atoms with Gasteiger partial charge in [-0.05, 0) is 59.5 Å². The maximum absolute atomic E-state index is 12.7. The first-order valence-corrected chi connectivity index (χ1v) is 11.2. The van der Waals surface area contributed by atoms with Crippen LogP contribution >= 0.6 is 11.3 Å². The smallest absolute Gasteiger partial charge is 0.333 e. The Morgan fingerprint density at radius 2 is 1.90 bits per heavy atom. The zero-order valence-corrected chi connectivity index (χ0v) is 17.6. The average molecular weight is 432 g/mol. The molecule has 4 aromatic rings. The molecule has 0 fully saturated rings. The lowest BCUT2D eigenvalue weighted by Gasteiger charge is -2.26. The van der Waals surface area contributed by atoms with E-state index in [0.717, 1.165) is 29.4 Å². The molecule has 0 aliphatic heterocycles. The predicted octanol–water partition coefficient (Wildman–Crippen LogP) is 3.48. The second-order valence-electron chi connectivity index (χ2n) is 7.79. The molecule has 5 rings (SSSR count). The summed E-state index contributed by atoms with van der Waals surface area (Å²) in [5, 5.41) is 4.93. The van der Waals surface area contributed by atoms with Crippen molar-refractivity contribution in [3.8, 4) is 5.69 Å². The molecule has 2 N–H and O–H groups in total. The van der Waals surface area contributed by atoms with E-state index in [2.05, 4.69) is 22.4 Å². The lowest BCUT2D eigenvalue weighted by atomic mass is 9.87. The number of carbonyl (C=O) groups excluding carboxylic acids is 1. The van der Waals surface area contributed by atoms with Crippen molar-refractivity contribution in [1.29, 1.82) is 0 Å². The maximum atomic E-state index is 12.7. The second-order valence-corrected chi connectivity index (χ2v) is 8.70. The third-order valence-corrected chi connectivity index (χ3v) is 6.67. The first kappa shape index (κ1) is 19.5. The minimum absolute atomic E-state index is 0.0375. The molecule has 2 aromatic heterocycles. The van der Waals surface area contributed by atoms with Gasteiger partial charge in [0.1, 0.15) is 4.70 Å². The second kappa shape index (κ2) is 8.00. The van der Waals surface area contributed by atoms with Gasteiger partial charge in [-0.15, -0.1) is 11.3 Å². The number of amides is 1. The summed E-state index contributed by atoms with van der Waals surface area (Å²) >= 11 is 1.30. The average Bonchev–Trinajstić information content (AvgIpc) is 3.24. The van der Waals surface area contributed by atoms with E-state index >= 15 is 0 Å². The van der Waals surface area contributed by atoms with Gasteiger partial charge >= 0.3 is 5.69 Å². The zero-order valence-electron chi connectivity index (χ0n) is 16.8. The van der Waals surface area contributed by atoms with Crippen LogP contribution in [0.5, 0.6) is 0 Å². The van der Waals surface area contributed by atoms with Crippen LogP contribution in [-0.2, 0) is 17.6 Å². The van der Waals surface area contributed by atoms with E-state index in [-0.39, 0.29) is 23.9 Å². The van der Waals surface area contributed by atoms with Gasteiger partial charge in [0.05, 0.1) is 23.7 Å². The van der Waals surface area contributed by atoms with Crippen molar-refractivity contribution < 1.29 is 4.79 Å². The summed E-state index contributed by atoms with van der Waals surface area (Å²) in [6.45, 7) is 0. The van der Waals surface area contributed by atoms with E-state index in [0.29, 0.717) is 15.9 Å². The van der Waals surface area contributed by atoms with Crippen molar-refractivity contribution in [2.75, 3.05) is 0 Å². The molecule has 156 valence electrons. The van der Waals surface area contributed by atoms with E-state index in [1.807, 2.05) is 12.1 Å². The molecule has 1 aliphatic carbocycles. The number of hydrogen-bond donors (Lipinski definition) is 2. The molecular formula is C24H21N3O3S. The van der Waals surface area contributed by atoms with Gasteiger partial charge in [0.2, 0.25) is 5.91 Å². The van der Waals surface area contributed by atoms with Crippen molar-refractivity contribution in [1.82, 2.24) is 14.9 Å². The molecular weight excluding hydrogens is 410 g/mol. The summed E-state index contributed by atoms with van der Waals surface area (Å²) < 4.78 is 1.64. The molecule has 2 aromatic carbocycles. The molecule has 0 bridgehead atoms. The van der Waals surface area contributed by atoms with Gasteiger partial charge in [0.25, 0.3) is 5.56 Å². The van der Waals surface area contributed by atoms with Crippen LogP contribution in [0.1, 0.15) is 35.6 Å². The number of hydrogen-bond acceptors (Lipinski definition) is 4. The van der Waals surface area contributed by atoms with E-state index < -0.39 is 5.69 Å². The third-order valence-electron chi connectivity index (χ3n) is 5.77. The van der Waals surface area contributed by atoms with Crippen molar-refractivity contribution in [3.63, 3.8) is 0 Å². The predicted molar refractivity (Wildman–Crippen MR) is 122 cm³/mol. The quantitative estimate of drug-likeness (QED) is 0.519. The minimum Gasteiger partial charge on any atom is -0.349 e. The van der Waals surface area contributed by atoms with Crippen LogP contribution in [0, 0.1) is 0 Å². The fraction of sp³-hybridized carbons (Fsp3) is 0.208. The van der Waals surface area contributed by atoms with E-state index in [1.54, 1.807) is 35.7 Å². The summed E-state index contributed by atoms with van der Waals surface area (Å²) in [6, 6.07) is 17.0. The Balaban J connectivity index is 1.33. The highest BCUT2D eigenvalue weighted by atomic mass is 32.1. The summed E-state index contributed by atoms with van der Waals surface area (Å²) in [5.74, 6) is -0.0375. The number of benzene rings is 2. The number of thiophene rings is 1. The minimum atomic E-state index is -0.475. The van der Waals surface area contributed by atoms with Crippen LogP contribution in [0.2, 0.25) is 0 Å². The first-order valence-electron chi connectivity index (χ1n) is 10.3. The van der Waals surface area contributed by atoms with Crippen LogP contribution < -0.4 is 16.6 Å². The van der Waals surface area contributed by atoms with Crippen LogP contribution in [0.25, 0.3) is 15.9 Å². The lowest BCUT2D eigenvalue weighted by Crippen LogP contribution is -2.33. The number of aromatic nitrogens is 2. The van der Waals surface area contributed by atoms with Gasteiger partial charge in [-0.2, -0.15) is 0 Å². The number of H-pyrrole nitrogens is 1. The Bertz CT molecular complexity index is 1380. The maximum Gasteiger partial charge on any atom is 0.333 e. The highest BCUT2D eigenvalue weighted by Gasteiger charge is 2.21. The van der Waals surface area contributed by atoms with Gasteiger partial charge in [0, 0.05) is 0 Å². The molecule has 7 heteroatoms. The number of fused-ring (bicyclic) bond motifs is 2. The molecule has 31 heavy (non-hydrogen) atoms. The number of aryl methyl sites for hydroxylation is 1. The largest absolute Gasteiger partial charge is 0.349 e. The summed E-state index contributed by atoms with van der Waals surface area (Å²) in [5.41, 5.74) is 3.56. The van der Waals surface area contributed by atoms with E-state index in [1.165, 1.54) is 22.5 Å². The molecule has 1 atom stereocenters. The summed E-state index contributed by atoms with van der Waals surface area (Å²) in [7, 11) is 0. The van der Waals surface area contributed by atoms with Crippen molar-refractivity contribution in [2.45, 2.75) is 31.7 Å². The van der Waals surface area contributed by atoms with Crippen molar-refractivity contribution >= 4 is 27.5 Å². The Kier molecular flexibility index (Phi) is 5.03. The van der Waals surface area contributed by atoms with Gasteiger partial charge in [-0.25, -0.2) is 9.36 Å². The van der Waals surface area contributed by atoms with Crippen LogP contribution in [0.3, 0.4) is 0 Å². The Labute approximate surface area is 182 Å². The molecule has 0 radical (unpaired) electrons. The normalized spacial score (nSPS) is 15.5. The Morgan fingerprint density at radius 3 is 2.74 bits per heavy atom. The highest BCUT2D eigenvalue weighted by molar-refractivity contribution is 7.17. The van der Waals surface area contributed by atoms with Gasteiger partial charge in [0.15, 0.2) is 0 Å². The topological polar surface area (TPSA) is 84.0 Å². The monoisotopic (exact) mass is 431 g/mol. The lowest BCUT2D eigenvalue weighted by molar-refractivity contribution is -0.121. The molecule has 2 heterocycles.